The number of alkyl halides is 5. The number of nitrogens with two attached hydrogens (primary N) is 1. The van der Waals surface area contributed by atoms with Gasteiger partial charge < -0.3 is 20.1 Å². The third-order valence-corrected chi connectivity index (χ3v) is 3.96. The van der Waals surface area contributed by atoms with Gasteiger partial charge in [0.15, 0.2) is 17.6 Å². The van der Waals surface area contributed by atoms with Crippen LogP contribution >= 0.6 is 0 Å². The average Bonchev–Trinajstić information content (AvgIpc) is 2.50. The first kappa shape index (κ1) is 18.4. The van der Waals surface area contributed by atoms with Crippen molar-refractivity contribution in [1.82, 2.24) is 14.9 Å². The first-order chi connectivity index (χ1) is 12.1. The van der Waals surface area contributed by atoms with Crippen molar-refractivity contribution in [3.8, 4) is 11.5 Å². The normalized spacial score (nSPS) is 20.9. The van der Waals surface area contributed by atoms with E-state index in [9.17, 15) is 22.0 Å². The fraction of sp³-hybridized carbons (Fsp3) is 0.467. The van der Waals surface area contributed by atoms with Crippen LogP contribution in [-0.4, -0.2) is 53.4 Å². The van der Waals surface area contributed by atoms with Gasteiger partial charge in [-0.2, -0.15) is 0 Å². The van der Waals surface area contributed by atoms with Crippen molar-refractivity contribution in [2.45, 2.75) is 24.8 Å². The van der Waals surface area contributed by atoms with E-state index in [0.29, 0.717) is 6.54 Å². The van der Waals surface area contributed by atoms with Crippen LogP contribution in [0.4, 0.5) is 27.8 Å². The molecule has 0 spiro atoms. The van der Waals surface area contributed by atoms with E-state index in [0.717, 1.165) is 12.4 Å². The Hall–Kier alpha value is -2.43. The second-order valence-corrected chi connectivity index (χ2v) is 5.99. The van der Waals surface area contributed by atoms with Gasteiger partial charge in [0.05, 0.1) is 17.4 Å². The number of fused-ring (bicyclic) bond motifs is 1. The second-order valence-electron chi connectivity index (χ2n) is 5.99. The number of nitrogens with zero attached hydrogens (tertiary/aromatic N) is 3. The zero-order chi connectivity index (χ0) is 19.1. The van der Waals surface area contributed by atoms with Crippen LogP contribution in [0.3, 0.4) is 0 Å². The monoisotopic (exact) mass is 378 g/mol. The number of nitrogen functional groups attached to an aromatic ring is 1. The minimum Gasteiger partial charge on any atom is -0.479 e. The lowest BCUT2D eigenvalue weighted by molar-refractivity contribution is -0.275. The van der Waals surface area contributed by atoms with Crippen molar-refractivity contribution >= 4 is 16.7 Å². The molecule has 2 aromatic rings. The molecule has 1 aromatic carbocycles. The number of hydrogen-bond acceptors (Lipinski definition) is 6. The van der Waals surface area contributed by atoms with Crippen LogP contribution in [0.5, 0.6) is 11.5 Å². The number of benzene rings is 1. The van der Waals surface area contributed by atoms with Gasteiger partial charge in [0, 0.05) is 13.0 Å². The van der Waals surface area contributed by atoms with Crippen LogP contribution in [-0.2, 0) is 0 Å². The molecule has 1 aliphatic rings. The van der Waals surface area contributed by atoms with Gasteiger partial charge in [0.1, 0.15) is 12.1 Å². The summed E-state index contributed by atoms with van der Waals surface area (Å²) >= 11 is 0. The SMILES string of the molecule is CN1CCC(Oc2c(OC(F)(F)F)ccc3ncnc(N)c23)C(F)(F)C1. The largest absolute Gasteiger partial charge is 0.573 e. The molecule has 1 unspecified atom stereocenters. The van der Waals surface area contributed by atoms with E-state index in [1.54, 1.807) is 0 Å². The Morgan fingerprint density at radius 2 is 2.00 bits per heavy atom. The Balaban J connectivity index is 2.08. The molecule has 26 heavy (non-hydrogen) atoms. The number of piperidine rings is 1. The predicted molar refractivity (Wildman–Crippen MR) is 82.1 cm³/mol. The van der Waals surface area contributed by atoms with Gasteiger partial charge in [-0.25, -0.2) is 18.7 Å². The van der Waals surface area contributed by atoms with Crippen LogP contribution in [0.1, 0.15) is 6.42 Å². The molecule has 0 bridgehead atoms. The van der Waals surface area contributed by atoms with E-state index in [1.807, 2.05) is 0 Å². The summed E-state index contributed by atoms with van der Waals surface area (Å²) in [4.78, 5) is 8.99. The van der Waals surface area contributed by atoms with Crippen LogP contribution in [0.25, 0.3) is 10.9 Å². The van der Waals surface area contributed by atoms with Crippen molar-refractivity contribution in [2.24, 2.45) is 0 Å². The molecule has 0 aliphatic carbocycles. The van der Waals surface area contributed by atoms with Crippen molar-refractivity contribution in [3.05, 3.63) is 18.5 Å². The molecule has 1 atom stereocenters. The number of hydrogen-bond donors (Lipinski definition) is 1. The highest BCUT2D eigenvalue weighted by Crippen LogP contribution is 2.42. The highest BCUT2D eigenvalue weighted by Gasteiger charge is 2.46. The summed E-state index contributed by atoms with van der Waals surface area (Å²) in [6, 6.07) is 2.17. The third-order valence-electron chi connectivity index (χ3n) is 3.96. The third kappa shape index (κ3) is 3.71. The van der Waals surface area contributed by atoms with E-state index < -0.39 is 36.4 Å². The van der Waals surface area contributed by atoms with Gasteiger partial charge in [0.2, 0.25) is 0 Å². The van der Waals surface area contributed by atoms with Gasteiger partial charge in [-0.1, -0.05) is 0 Å². The number of likely N-dealkylation sites (tertiary alicyclic amines) is 1. The quantitative estimate of drug-likeness (QED) is 0.828. The Morgan fingerprint density at radius 3 is 2.65 bits per heavy atom. The molecular formula is C15H15F5N4O2. The molecule has 0 saturated carbocycles. The lowest BCUT2D eigenvalue weighted by Gasteiger charge is -2.36. The lowest BCUT2D eigenvalue weighted by Crippen LogP contribution is -2.52. The summed E-state index contributed by atoms with van der Waals surface area (Å²) in [5.41, 5.74) is 5.87. The molecule has 11 heteroatoms. The topological polar surface area (TPSA) is 73.5 Å². The maximum Gasteiger partial charge on any atom is 0.573 e. The highest BCUT2D eigenvalue weighted by atomic mass is 19.4. The summed E-state index contributed by atoms with van der Waals surface area (Å²) in [5, 5.41) is -0.107. The maximum absolute atomic E-state index is 14.3. The minimum atomic E-state index is -5.04. The standard InChI is InChI=1S/C15H15F5N4O2/c1-24-5-4-10(14(16,17)6-24)25-12-9(26-15(18,19)20)3-2-8-11(12)13(21)23-7-22-8/h2-3,7,10H,4-6H2,1H3,(H2,21,22,23). The first-order valence-corrected chi connectivity index (χ1v) is 7.59. The Labute approximate surface area is 144 Å². The molecule has 0 radical (unpaired) electrons. The molecule has 1 saturated heterocycles. The molecule has 2 N–H and O–H groups in total. The van der Waals surface area contributed by atoms with Crippen molar-refractivity contribution in [2.75, 3.05) is 25.9 Å². The van der Waals surface area contributed by atoms with Gasteiger partial charge in [0.25, 0.3) is 5.92 Å². The molecule has 1 fully saturated rings. The summed E-state index contributed by atoms with van der Waals surface area (Å²) in [6.45, 7) is -0.281. The molecular weight excluding hydrogens is 363 g/mol. The van der Waals surface area contributed by atoms with Crippen LogP contribution in [0.2, 0.25) is 0 Å². The van der Waals surface area contributed by atoms with Crippen molar-refractivity contribution < 1.29 is 31.4 Å². The Morgan fingerprint density at radius 1 is 1.27 bits per heavy atom. The molecule has 2 heterocycles. The van der Waals surface area contributed by atoms with E-state index in [1.165, 1.54) is 18.0 Å². The van der Waals surface area contributed by atoms with Crippen LogP contribution in [0, 0.1) is 0 Å². The number of ether oxygens (including phenoxy) is 2. The van der Waals surface area contributed by atoms with E-state index in [2.05, 4.69) is 14.7 Å². The minimum absolute atomic E-state index is 0.0844. The van der Waals surface area contributed by atoms with Gasteiger partial charge in [-0.05, 0) is 19.2 Å². The number of aromatic nitrogens is 2. The lowest BCUT2D eigenvalue weighted by atomic mass is 10.0. The van der Waals surface area contributed by atoms with Crippen LogP contribution < -0.4 is 15.2 Å². The molecule has 0 amide bonds. The Kier molecular flexibility index (Phi) is 4.51. The number of anilines is 1. The molecule has 3 rings (SSSR count). The van der Waals surface area contributed by atoms with Gasteiger partial charge >= 0.3 is 6.36 Å². The second kappa shape index (κ2) is 6.38. The highest BCUT2D eigenvalue weighted by molar-refractivity contribution is 5.95. The molecule has 6 nitrogen and oxygen atoms in total. The summed E-state index contributed by atoms with van der Waals surface area (Å²) < 4.78 is 76.0. The van der Waals surface area contributed by atoms with Crippen molar-refractivity contribution in [3.63, 3.8) is 0 Å². The summed E-state index contributed by atoms with van der Waals surface area (Å²) in [7, 11) is 1.52. The average molecular weight is 378 g/mol. The number of halogens is 5. The van der Waals surface area contributed by atoms with Crippen LogP contribution in [0.15, 0.2) is 18.5 Å². The fourth-order valence-corrected chi connectivity index (χ4v) is 2.83. The van der Waals surface area contributed by atoms with E-state index >= 15 is 0 Å². The zero-order valence-electron chi connectivity index (χ0n) is 13.6. The summed E-state index contributed by atoms with van der Waals surface area (Å²) in [5.74, 6) is -4.79. The molecule has 142 valence electrons. The molecule has 1 aliphatic heterocycles. The van der Waals surface area contributed by atoms with Gasteiger partial charge in [-0.3, -0.25) is 0 Å². The maximum atomic E-state index is 14.3. The van der Waals surface area contributed by atoms with E-state index in [4.69, 9.17) is 10.5 Å². The smallest absolute Gasteiger partial charge is 0.479 e. The summed E-state index contributed by atoms with van der Waals surface area (Å²) in [6.07, 6.45) is -5.65. The first-order valence-electron chi connectivity index (χ1n) is 7.59. The predicted octanol–water partition coefficient (Wildman–Crippen LogP) is 2.83. The molecule has 1 aromatic heterocycles. The fourth-order valence-electron chi connectivity index (χ4n) is 2.83. The zero-order valence-corrected chi connectivity index (χ0v) is 13.6. The van der Waals surface area contributed by atoms with Crippen molar-refractivity contribution in [1.29, 1.82) is 0 Å². The number of rotatable bonds is 3. The van der Waals surface area contributed by atoms with E-state index in [-0.39, 0.29) is 23.1 Å². The van der Waals surface area contributed by atoms with Gasteiger partial charge in [-0.15, -0.1) is 13.2 Å². The Bertz CT molecular complexity index is 814.